The van der Waals surface area contributed by atoms with Crippen LogP contribution in [-0.2, 0) is 0 Å². The summed E-state index contributed by atoms with van der Waals surface area (Å²) in [6, 6.07) is 1.84. The molecule has 88 valence electrons. The van der Waals surface area contributed by atoms with Crippen molar-refractivity contribution in [1.29, 1.82) is 0 Å². The van der Waals surface area contributed by atoms with Gasteiger partial charge in [-0.3, -0.25) is 4.98 Å². The molecule has 0 aliphatic carbocycles. The number of hydrogen-bond donors (Lipinski definition) is 2. The largest absolute Gasteiger partial charge is 0.389 e. The first kappa shape index (κ1) is 13.3. The summed E-state index contributed by atoms with van der Waals surface area (Å²) in [5.74, 6) is 0. The fraction of sp³-hybridized carbons (Fsp3) is 0.455. The Kier molecular flexibility index (Phi) is 5.55. The van der Waals surface area contributed by atoms with Crippen LogP contribution in [0, 0.1) is 0 Å². The third-order valence-electron chi connectivity index (χ3n) is 2.36. The number of rotatable bonds is 6. The van der Waals surface area contributed by atoms with Crippen molar-refractivity contribution < 1.29 is 0 Å². The van der Waals surface area contributed by atoms with E-state index in [9.17, 15) is 0 Å². The van der Waals surface area contributed by atoms with Crippen LogP contribution >= 0.6 is 24.0 Å². The van der Waals surface area contributed by atoms with Gasteiger partial charge in [0.25, 0.3) is 0 Å². The van der Waals surface area contributed by atoms with Gasteiger partial charge in [-0.05, 0) is 18.7 Å². The highest BCUT2D eigenvalue weighted by Crippen LogP contribution is 2.14. The van der Waals surface area contributed by atoms with Gasteiger partial charge in [0.2, 0.25) is 0 Å². The summed E-state index contributed by atoms with van der Waals surface area (Å²) in [6.45, 7) is 3.12. The summed E-state index contributed by atoms with van der Waals surface area (Å²) < 4.78 is 0. The third kappa shape index (κ3) is 3.98. The third-order valence-corrected chi connectivity index (χ3v) is 3.62. The maximum atomic E-state index is 5.63. The standard InChI is InChI=1S/C11H17N3S2/c1-8(16-2)3-6-14-10-7-13-5-4-9(10)11(12)15/h4-5,7-8,14H,3,6H2,1-2H3,(H2,12,15). The predicted molar refractivity (Wildman–Crippen MR) is 76.2 cm³/mol. The van der Waals surface area contributed by atoms with E-state index >= 15 is 0 Å². The molecule has 1 atom stereocenters. The van der Waals surface area contributed by atoms with Crippen LogP contribution in [0.15, 0.2) is 18.5 Å². The van der Waals surface area contributed by atoms with E-state index in [1.807, 2.05) is 17.8 Å². The second-order valence-electron chi connectivity index (χ2n) is 3.55. The van der Waals surface area contributed by atoms with Crippen LogP contribution in [0.4, 0.5) is 5.69 Å². The number of pyridine rings is 1. The second kappa shape index (κ2) is 6.70. The van der Waals surface area contributed by atoms with E-state index in [0.29, 0.717) is 10.2 Å². The molecule has 1 aromatic rings. The Hall–Kier alpha value is -0.810. The Morgan fingerprint density at radius 3 is 3.06 bits per heavy atom. The Morgan fingerprint density at radius 2 is 2.44 bits per heavy atom. The number of thiocarbonyl (C=S) groups is 1. The molecule has 16 heavy (non-hydrogen) atoms. The summed E-state index contributed by atoms with van der Waals surface area (Å²) in [5.41, 5.74) is 7.41. The molecule has 1 unspecified atom stereocenters. The predicted octanol–water partition coefficient (Wildman–Crippen LogP) is 2.27. The Morgan fingerprint density at radius 1 is 1.69 bits per heavy atom. The van der Waals surface area contributed by atoms with Crippen molar-refractivity contribution in [2.24, 2.45) is 5.73 Å². The first-order valence-corrected chi connectivity index (χ1v) is 6.85. The van der Waals surface area contributed by atoms with E-state index in [1.165, 1.54) is 0 Å². The molecule has 0 spiro atoms. The summed E-state index contributed by atoms with van der Waals surface area (Å²) in [5, 5.41) is 3.97. The molecule has 5 heteroatoms. The molecule has 0 saturated heterocycles. The molecule has 0 aromatic carbocycles. The van der Waals surface area contributed by atoms with Gasteiger partial charge in [-0.25, -0.2) is 0 Å². The molecule has 1 rings (SSSR count). The van der Waals surface area contributed by atoms with Crippen LogP contribution in [0.1, 0.15) is 18.9 Å². The van der Waals surface area contributed by atoms with Crippen LogP contribution in [0.3, 0.4) is 0 Å². The molecule has 1 aromatic heterocycles. The number of hydrogen-bond acceptors (Lipinski definition) is 4. The van der Waals surface area contributed by atoms with Gasteiger partial charge in [0.05, 0.1) is 11.9 Å². The van der Waals surface area contributed by atoms with E-state index in [0.717, 1.165) is 24.2 Å². The molecule has 3 nitrogen and oxygen atoms in total. The Labute approximate surface area is 106 Å². The monoisotopic (exact) mass is 255 g/mol. The topological polar surface area (TPSA) is 50.9 Å². The molecule has 1 heterocycles. The van der Waals surface area contributed by atoms with Crippen molar-refractivity contribution in [3.8, 4) is 0 Å². The molecule has 0 amide bonds. The number of anilines is 1. The van der Waals surface area contributed by atoms with E-state index < -0.39 is 0 Å². The van der Waals surface area contributed by atoms with E-state index in [-0.39, 0.29) is 0 Å². The maximum absolute atomic E-state index is 5.63. The molecular weight excluding hydrogens is 238 g/mol. The van der Waals surface area contributed by atoms with Gasteiger partial charge in [0.1, 0.15) is 4.99 Å². The van der Waals surface area contributed by atoms with Gasteiger partial charge < -0.3 is 11.1 Å². The molecule has 0 bridgehead atoms. The molecule has 0 fully saturated rings. The van der Waals surface area contributed by atoms with Crippen LogP contribution in [0.25, 0.3) is 0 Å². The lowest BCUT2D eigenvalue weighted by molar-refractivity contribution is 0.853. The second-order valence-corrected chi connectivity index (χ2v) is 5.26. The molecule has 0 saturated carbocycles. The SMILES string of the molecule is CSC(C)CCNc1cnccc1C(N)=S. The summed E-state index contributed by atoms with van der Waals surface area (Å²) >= 11 is 6.84. The number of nitrogens with zero attached hydrogens (tertiary/aromatic N) is 1. The van der Waals surface area contributed by atoms with E-state index in [2.05, 4.69) is 23.5 Å². The lowest BCUT2D eigenvalue weighted by atomic mass is 10.2. The van der Waals surface area contributed by atoms with Crippen molar-refractivity contribution in [2.45, 2.75) is 18.6 Å². The quantitative estimate of drug-likeness (QED) is 0.764. The summed E-state index contributed by atoms with van der Waals surface area (Å²) in [7, 11) is 0. The summed E-state index contributed by atoms with van der Waals surface area (Å²) in [4.78, 5) is 4.47. The van der Waals surface area contributed by atoms with Crippen molar-refractivity contribution in [3.05, 3.63) is 24.0 Å². The molecular formula is C11H17N3S2. The van der Waals surface area contributed by atoms with Crippen LogP contribution < -0.4 is 11.1 Å². The fourth-order valence-electron chi connectivity index (χ4n) is 1.28. The van der Waals surface area contributed by atoms with Gasteiger partial charge in [0.15, 0.2) is 0 Å². The molecule has 0 aliphatic heterocycles. The zero-order valence-corrected chi connectivity index (χ0v) is 11.2. The van der Waals surface area contributed by atoms with E-state index in [4.69, 9.17) is 18.0 Å². The smallest absolute Gasteiger partial charge is 0.106 e. The lowest BCUT2D eigenvalue weighted by Crippen LogP contribution is -2.15. The average molecular weight is 255 g/mol. The van der Waals surface area contributed by atoms with Crippen molar-refractivity contribution >= 4 is 34.7 Å². The van der Waals surface area contributed by atoms with Crippen LogP contribution in [-0.4, -0.2) is 28.0 Å². The fourth-order valence-corrected chi connectivity index (χ4v) is 1.81. The number of thioether (sulfide) groups is 1. The van der Waals surface area contributed by atoms with Gasteiger partial charge >= 0.3 is 0 Å². The van der Waals surface area contributed by atoms with Gasteiger partial charge in [-0.15, -0.1) is 0 Å². The molecule has 0 aliphatic rings. The normalized spacial score (nSPS) is 12.1. The Balaban J connectivity index is 2.56. The highest BCUT2D eigenvalue weighted by molar-refractivity contribution is 7.99. The highest BCUT2D eigenvalue weighted by Gasteiger charge is 2.05. The minimum Gasteiger partial charge on any atom is -0.389 e. The molecule has 3 N–H and O–H groups in total. The highest BCUT2D eigenvalue weighted by atomic mass is 32.2. The zero-order chi connectivity index (χ0) is 12.0. The van der Waals surface area contributed by atoms with Crippen molar-refractivity contribution in [3.63, 3.8) is 0 Å². The maximum Gasteiger partial charge on any atom is 0.106 e. The first-order valence-electron chi connectivity index (χ1n) is 5.15. The number of aromatic nitrogens is 1. The molecule has 0 radical (unpaired) electrons. The lowest BCUT2D eigenvalue weighted by Gasteiger charge is -2.12. The number of nitrogens with two attached hydrogens (primary N) is 1. The van der Waals surface area contributed by atoms with Crippen molar-refractivity contribution in [1.82, 2.24) is 4.98 Å². The minimum absolute atomic E-state index is 0.405. The van der Waals surface area contributed by atoms with Crippen LogP contribution in [0.2, 0.25) is 0 Å². The summed E-state index contributed by atoms with van der Waals surface area (Å²) in [6.07, 6.45) is 6.68. The average Bonchev–Trinajstić information content (AvgIpc) is 2.29. The first-order chi connectivity index (χ1) is 7.65. The Bertz CT molecular complexity index is 355. The zero-order valence-electron chi connectivity index (χ0n) is 9.56. The number of nitrogens with one attached hydrogen (secondary N) is 1. The van der Waals surface area contributed by atoms with Gasteiger partial charge in [0, 0.05) is 23.6 Å². The van der Waals surface area contributed by atoms with E-state index in [1.54, 1.807) is 12.4 Å². The van der Waals surface area contributed by atoms with Gasteiger partial charge in [-0.2, -0.15) is 11.8 Å². The van der Waals surface area contributed by atoms with Crippen LogP contribution in [0.5, 0.6) is 0 Å². The van der Waals surface area contributed by atoms with Gasteiger partial charge in [-0.1, -0.05) is 19.1 Å². The van der Waals surface area contributed by atoms with Crippen molar-refractivity contribution in [2.75, 3.05) is 18.1 Å². The minimum atomic E-state index is 0.405.